The molecule has 1 heterocycles. The number of hydrogen-bond donors (Lipinski definition) is 1. The summed E-state index contributed by atoms with van der Waals surface area (Å²) in [7, 11) is 1.61. The SMILES string of the molecule is COc1ccc2ccc3c(c2c1)CC(N)C(c1cc(F)ccc1F)O3. The minimum atomic E-state index is -0.730. The van der Waals surface area contributed by atoms with Gasteiger partial charge in [-0.25, -0.2) is 8.78 Å². The predicted octanol–water partition coefficient (Wildman–Crippen LogP) is 4.13. The molecule has 0 aliphatic carbocycles. The Morgan fingerprint density at radius 3 is 2.68 bits per heavy atom. The van der Waals surface area contributed by atoms with E-state index in [4.69, 9.17) is 15.2 Å². The third-order valence-corrected chi connectivity index (χ3v) is 4.64. The third-order valence-electron chi connectivity index (χ3n) is 4.64. The van der Waals surface area contributed by atoms with Gasteiger partial charge in [0.15, 0.2) is 0 Å². The standard InChI is InChI=1S/C20H17F2NO2/c1-24-13-5-2-11-3-7-19-15(14(11)9-13)10-18(23)20(25-19)16-8-12(21)4-6-17(16)22/h2-9,18,20H,10,23H2,1H3. The molecule has 0 amide bonds. The summed E-state index contributed by atoms with van der Waals surface area (Å²) in [6, 6.07) is 12.4. The Hall–Kier alpha value is -2.66. The van der Waals surface area contributed by atoms with E-state index >= 15 is 0 Å². The number of methoxy groups -OCH3 is 1. The molecule has 3 nitrogen and oxygen atoms in total. The van der Waals surface area contributed by atoms with E-state index < -0.39 is 23.8 Å². The number of halogens is 2. The van der Waals surface area contributed by atoms with Crippen molar-refractivity contribution in [2.45, 2.75) is 18.6 Å². The maximum absolute atomic E-state index is 14.1. The molecule has 2 N–H and O–H groups in total. The van der Waals surface area contributed by atoms with Crippen molar-refractivity contribution in [2.24, 2.45) is 5.73 Å². The van der Waals surface area contributed by atoms with Gasteiger partial charge in [-0.3, -0.25) is 0 Å². The highest BCUT2D eigenvalue weighted by atomic mass is 19.1. The van der Waals surface area contributed by atoms with Gasteiger partial charge in [0.25, 0.3) is 0 Å². The van der Waals surface area contributed by atoms with Crippen molar-refractivity contribution in [3.05, 3.63) is 71.3 Å². The topological polar surface area (TPSA) is 44.5 Å². The van der Waals surface area contributed by atoms with Crippen LogP contribution in [-0.2, 0) is 6.42 Å². The molecule has 0 aromatic heterocycles. The van der Waals surface area contributed by atoms with Crippen LogP contribution in [0.1, 0.15) is 17.2 Å². The van der Waals surface area contributed by atoms with E-state index in [1.807, 2.05) is 30.3 Å². The van der Waals surface area contributed by atoms with Gasteiger partial charge in [0.05, 0.1) is 13.2 Å². The van der Waals surface area contributed by atoms with Crippen LogP contribution in [-0.4, -0.2) is 13.2 Å². The molecule has 3 aromatic rings. The molecular formula is C20H17F2NO2. The Bertz CT molecular complexity index is 958. The van der Waals surface area contributed by atoms with Crippen LogP contribution in [0.5, 0.6) is 11.5 Å². The summed E-state index contributed by atoms with van der Waals surface area (Å²) in [6.07, 6.45) is -0.230. The van der Waals surface area contributed by atoms with Crippen LogP contribution in [0.2, 0.25) is 0 Å². The van der Waals surface area contributed by atoms with Gasteiger partial charge in [0.2, 0.25) is 0 Å². The Labute approximate surface area is 144 Å². The molecule has 3 aromatic carbocycles. The molecule has 0 saturated carbocycles. The summed E-state index contributed by atoms with van der Waals surface area (Å²) < 4.78 is 38.9. The lowest BCUT2D eigenvalue weighted by Crippen LogP contribution is -2.38. The summed E-state index contributed by atoms with van der Waals surface area (Å²) in [5, 5.41) is 2.04. The van der Waals surface area contributed by atoms with Gasteiger partial charge in [-0.15, -0.1) is 0 Å². The lowest BCUT2D eigenvalue weighted by molar-refractivity contribution is 0.149. The van der Waals surface area contributed by atoms with Gasteiger partial charge in [0, 0.05) is 11.1 Å². The van der Waals surface area contributed by atoms with Gasteiger partial charge in [-0.05, 0) is 53.6 Å². The van der Waals surface area contributed by atoms with Crippen LogP contribution in [0.15, 0.2) is 48.5 Å². The molecule has 5 heteroatoms. The van der Waals surface area contributed by atoms with Crippen molar-refractivity contribution in [3.63, 3.8) is 0 Å². The second kappa shape index (κ2) is 6.01. The second-order valence-corrected chi connectivity index (χ2v) is 6.20. The fourth-order valence-electron chi connectivity index (χ4n) is 3.38. The number of nitrogens with two attached hydrogens (primary N) is 1. The van der Waals surface area contributed by atoms with Gasteiger partial charge < -0.3 is 15.2 Å². The van der Waals surface area contributed by atoms with Crippen LogP contribution in [0, 0.1) is 11.6 Å². The van der Waals surface area contributed by atoms with Crippen LogP contribution in [0.4, 0.5) is 8.78 Å². The Kier molecular flexibility index (Phi) is 3.81. The zero-order valence-corrected chi connectivity index (χ0v) is 13.6. The molecule has 25 heavy (non-hydrogen) atoms. The van der Waals surface area contributed by atoms with Crippen LogP contribution in [0.3, 0.4) is 0 Å². The fourth-order valence-corrected chi connectivity index (χ4v) is 3.38. The first-order valence-electron chi connectivity index (χ1n) is 8.03. The minimum Gasteiger partial charge on any atom is -0.497 e. The molecule has 128 valence electrons. The van der Waals surface area contributed by atoms with Gasteiger partial charge in [-0.2, -0.15) is 0 Å². The number of rotatable bonds is 2. The summed E-state index contributed by atoms with van der Waals surface area (Å²) in [4.78, 5) is 0. The zero-order chi connectivity index (χ0) is 17.6. The van der Waals surface area contributed by atoms with Crippen LogP contribution in [0.25, 0.3) is 10.8 Å². The quantitative estimate of drug-likeness (QED) is 0.762. The van der Waals surface area contributed by atoms with E-state index in [9.17, 15) is 8.78 Å². The van der Waals surface area contributed by atoms with E-state index in [0.717, 1.165) is 40.3 Å². The molecule has 4 rings (SSSR count). The summed E-state index contributed by atoms with van der Waals surface area (Å²) in [6.45, 7) is 0. The normalized spacial score (nSPS) is 19.4. The first kappa shape index (κ1) is 15.8. The average molecular weight is 341 g/mol. The molecule has 0 fully saturated rings. The first-order valence-corrected chi connectivity index (χ1v) is 8.03. The highest BCUT2D eigenvalue weighted by Crippen LogP contribution is 2.39. The molecule has 1 aliphatic rings. The van der Waals surface area contributed by atoms with E-state index in [2.05, 4.69) is 0 Å². The molecular weight excluding hydrogens is 324 g/mol. The van der Waals surface area contributed by atoms with E-state index in [1.165, 1.54) is 0 Å². The predicted molar refractivity (Wildman–Crippen MR) is 91.9 cm³/mol. The van der Waals surface area contributed by atoms with Crippen molar-refractivity contribution < 1.29 is 18.3 Å². The lowest BCUT2D eigenvalue weighted by atomic mass is 9.90. The molecule has 0 saturated heterocycles. The molecule has 0 bridgehead atoms. The van der Waals surface area contributed by atoms with Crippen molar-refractivity contribution in [2.75, 3.05) is 7.11 Å². The fraction of sp³-hybridized carbons (Fsp3) is 0.200. The number of benzene rings is 3. The molecule has 2 atom stereocenters. The van der Waals surface area contributed by atoms with E-state index in [1.54, 1.807) is 7.11 Å². The third kappa shape index (κ3) is 2.70. The number of hydrogen-bond acceptors (Lipinski definition) is 3. The first-order chi connectivity index (χ1) is 12.1. The smallest absolute Gasteiger partial charge is 0.142 e. The maximum atomic E-state index is 14.1. The van der Waals surface area contributed by atoms with Gasteiger partial charge >= 0.3 is 0 Å². The minimum absolute atomic E-state index is 0.142. The molecule has 1 aliphatic heterocycles. The van der Waals surface area contributed by atoms with Crippen molar-refractivity contribution in [1.82, 2.24) is 0 Å². The summed E-state index contributed by atoms with van der Waals surface area (Å²) >= 11 is 0. The highest BCUT2D eigenvalue weighted by Gasteiger charge is 2.32. The van der Waals surface area contributed by atoms with E-state index in [-0.39, 0.29) is 5.56 Å². The Morgan fingerprint density at radius 2 is 1.88 bits per heavy atom. The van der Waals surface area contributed by atoms with Gasteiger partial charge in [-0.1, -0.05) is 12.1 Å². The largest absolute Gasteiger partial charge is 0.497 e. The maximum Gasteiger partial charge on any atom is 0.142 e. The van der Waals surface area contributed by atoms with Crippen LogP contribution >= 0.6 is 0 Å². The Balaban J connectivity index is 1.80. The average Bonchev–Trinajstić information content (AvgIpc) is 2.63. The number of fused-ring (bicyclic) bond motifs is 3. The molecule has 0 radical (unpaired) electrons. The number of ether oxygens (including phenoxy) is 2. The Morgan fingerprint density at radius 1 is 1.08 bits per heavy atom. The van der Waals surface area contributed by atoms with Crippen molar-refractivity contribution in [1.29, 1.82) is 0 Å². The second-order valence-electron chi connectivity index (χ2n) is 6.20. The summed E-state index contributed by atoms with van der Waals surface area (Å²) in [5.74, 6) is 0.345. The highest BCUT2D eigenvalue weighted by molar-refractivity contribution is 5.89. The van der Waals surface area contributed by atoms with E-state index in [0.29, 0.717) is 12.2 Å². The lowest BCUT2D eigenvalue weighted by Gasteiger charge is -2.32. The summed E-state index contributed by atoms with van der Waals surface area (Å²) in [5.41, 5.74) is 7.36. The monoisotopic (exact) mass is 341 g/mol. The van der Waals surface area contributed by atoms with Crippen molar-refractivity contribution in [3.8, 4) is 11.5 Å². The molecule has 2 unspecified atom stereocenters. The van der Waals surface area contributed by atoms with Crippen LogP contribution < -0.4 is 15.2 Å². The molecule has 0 spiro atoms. The zero-order valence-electron chi connectivity index (χ0n) is 13.6. The van der Waals surface area contributed by atoms with Crippen molar-refractivity contribution >= 4 is 10.8 Å². The van der Waals surface area contributed by atoms with Gasteiger partial charge in [0.1, 0.15) is 29.2 Å².